The van der Waals surface area contributed by atoms with Crippen LogP contribution in [0.4, 0.5) is 0 Å². The highest BCUT2D eigenvalue weighted by atomic mass is 16.8. The molecule has 8 heteroatoms. The first-order chi connectivity index (χ1) is 8.67. The third-order valence-corrected chi connectivity index (χ3v) is 2.57. The molecule has 0 spiro atoms. The topological polar surface area (TPSA) is 89.5 Å². The van der Waals surface area contributed by atoms with E-state index < -0.39 is 36.7 Å². The monoisotopic (exact) mass is 262 g/mol. The summed E-state index contributed by atoms with van der Waals surface area (Å²) in [5.74, 6) is -1.48. The van der Waals surface area contributed by atoms with E-state index in [1.807, 2.05) is 0 Å². The number of ether oxygens (including phenoxy) is 6. The van der Waals surface area contributed by atoms with Gasteiger partial charge in [-0.05, 0) is 0 Å². The number of fused-ring (bicyclic) bond motifs is 1. The molecule has 18 heavy (non-hydrogen) atoms. The Labute approximate surface area is 103 Å². The zero-order valence-electron chi connectivity index (χ0n) is 9.99. The van der Waals surface area contributed by atoms with E-state index in [9.17, 15) is 9.59 Å². The minimum atomic E-state index is -1.23. The summed E-state index contributed by atoms with van der Waals surface area (Å²) in [5, 5.41) is 0. The molecule has 0 amide bonds. The van der Waals surface area contributed by atoms with Crippen molar-refractivity contribution >= 4 is 11.9 Å². The molecule has 0 N–H and O–H groups in total. The minimum absolute atomic E-state index is 0.321. The van der Waals surface area contributed by atoms with Gasteiger partial charge in [0.05, 0.1) is 27.4 Å². The predicted octanol–water partition coefficient (Wildman–Crippen LogP) is -1.18. The van der Waals surface area contributed by atoms with Crippen molar-refractivity contribution in [2.45, 2.75) is 24.8 Å². The van der Waals surface area contributed by atoms with E-state index in [1.165, 1.54) is 14.2 Å². The van der Waals surface area contributed by atoms with E-state index in [1.54, 1.807) is 0 Å². The van der Waals surface area contributed by atoms with Gasteiger partial charge in [-0.25, -0.2) is 9.59 Å². The molecule has 2 saturated heterocycles. The molecule has 2 heterocycles. The van der Waals surface area contributed by atoms with Crippen LogP contribution in [-0.4, -0.2) is 64.2 Å². The van der Waals surface area contributed by atoms with Gasteiger partial charge in [0.2, 0.25) is 12.6 Å². The molecule has 0 aromatic carbocycles. The molecular formula is C10H14O8. The number of esters is 2. The molecule has 0 aliphatic carbocycles. The molecule has 0 aromatic rings. The van der Waals surface area contributed by atoms with Crippen LogP contribution in [0.1, 0.15) is 0 Å². The first-order valence-corrected chi connectivity index (χ1v) is 5.37. The second-order valence-electron chi connectivity index (χ2n) is 3.64. The molecule has 2 fully saturated rings. The lowest BCUT2D eigenvalue weighted by atomic mass is 10.2. The van der Waals surface area contributed by atoms with Crippen LogP contribution in [0.15, 0.2) is 0 Å². The first kappa shape index (κ1) is 13.2. The van der Waals surface area contributed by atoms with Crippen molar-refractivity contribution in [3.63, 3.8) is 0 Å². The number of carbonyl (C=O) groups excluding carboxylic acids is 2. The molecule has 2 rings (SSSR count). The van der Waals surface area contributed by atoms with Crippen molar-refractivity contribution in [2.24, 2.45) is 0 Å². The van der Waals surface area contributed by atoms with Gasteiger partial charge in [0.25, 0.3) is 0 Å². The fourth-order valence-electron chi connectivity index (χ4n) is 1.71. The Morgan fingerprint density at radius 3 is 1.61 bits per heavy atom. The molecule has 0 bridgehead atoms. The summed E-state index contributed by atoms with van der Waals surface area (Å²) in [7, 11) is 2.37. The van der Waals surface area contributed by atoms with Gasteiger partial charge in [0, 0.05) is 0 Å². The third kappa shape index (κ3) is 2.46. The van der Waals surface area contributed by atoms with Gasteiger partial charge >= 0.3 is 11.9 Å². The van der Waals surface area contributed by atoms with Crippen LogP contribution in [0.2, 0.25) is 0 Å². The molecular weight excluding hydrogens is 248 g/mol. The Kier molecular flexibility index (Phi) is 4.12. The standard InChI is InChI=1S/C10H14O8/c1-13-7(11)5-6(8(12)14-2)18-10-9(17-5)15-3-4-16-10/h5-6,9-10H,3-4H2,1-2H3. The van der Waals surface area contributed by atoms with Crippen LogP contribution < -0.4 is 0 Å². The van der Waals surface area contributed by atoms with Crippen molar-refractivity contribution in [3.8, 4) is 0 Å². The van der Waals surface area contributed by atoms with Crippen LogP contribution in [0, 0.1) is 0 Å². The van der Waals surface area contributed by atoms with Crippen molar-refractivity contribution in [1.29, 1.82) is 0 Å². The highest BCUT2D eigenvalue weighted by molar-refractivity contribution is 5.85. The number of rotatable bonds is 2. The largest absolute Gasteiger partial charge is 0.467 e. The van der Waals surface area contributed by atoms with Crippen molar-refractivity contribution < 1.29 is 38.0 Å². The zero-order valence-corrected chi connectivity index (χ0v) is 9.99. The lowest BCUT2D eigenvalue weighted by Crippen LogP contribution is -2.59. The molecule has 2 aliphatic heterocycles. The smallest absolute Gasteiger partial charge is 0.338 e. The van der Waals surface area contributed by atoms with Gasteiger partial charge in [0.1, 0.15) is 0 Å². The van der Waals surface area contributed by atoms with E-state index >= 15 is 0 Å². The first-order valence-electron chi connectivity index (χ1n) is 5.37. The summed E-state index contributed by atoms with van der Waals surface area (Å²) in [5.41, 5.74) is 0. The van der Waals surface area contributed by atoms with E-state index in [4.69, 9.17) is 18.9 Å². The molecule has 0 radical (unpaired) electrons. The summed E-state index contributed by atoms with van der Waals surface area (Å²) in [6.45, 7) is 0.641. The molecule has 8 nitrogen and oxygen atoms in total. The second kappa shape index (κ2) is 5.61. The highest BCUT2D eigenvalue weighted by Crippen LogP contribution is 2.26. The highest BCUT2D eigenvalue weighted by Gasteiger charge is 2.49. The van der Waals surface area contributed by atoms with Gasteiger partial charge in [-0.15, -0.1) is 0 Å². The van der Waals surface area contributed by atoms with Crippen LogP contribution in [0.25, 0.3) is 0 Å². The lowest BCUT2D eigenvalue weighted by molar-refractivity contribution is -0.377. The SMILES string of the molecule is COC(=O)C1OC2OCCOC2OC1C(=O)OC. The van der Waals surface area contributed by atoms with E-state index in [-0.39, 0.29) is 0 Å². The lowest BCUT2D eigenvalue weighted by Gasteiger charge is -2.40. The minimum Gasteiger partial charge on any atom is -0.467 e. The molecule has 4 unspecified atom stereocenters. The van der Waals surface area contributed by atoms with Crippen LogP contribution in [-0.2, 0) is 38.0 Å². The second-order valence-corrected chi connectivity index (χ2v) is 3.64. The van der Waals surface area contributed by atoms with E-state index in [0.29, 0.717) is 13.2 Å². The number of carbonyl (C=O) groups is 2. The molecule has 0 saturated carbocycles. The van der Waals surface area contributed by atoms with Crippen molar-refractivity contribution in [2.75, 3.05) is 27.4 Å². The van der Waals surface area contributed by atoms with E-state index in [2.05, 4.69) is 9.47 Å². The maximum absolute atomic E-state index is 11.5. The summed E-state index contributed by atoms with van der Waals surface area (Å²) >= 11 is 0. The average Bonchev–Trinajstić information content (AvgIpc) is 2.44. The van der Waals surface area contributed by atoms with Crippen LogP contribution in [0.5, 0.6) is 0 Å². The fourth-order valence-corrected chi connectivity index (χ4v) is 1.71. The summed E-state index contributed by atoms with van der Waals surface area (Å²) in [6.07, 6.45) is -4.18. The van der Waals surface area contributed by atoms with Crippen molar-refractivity contribution in [3.05, 3.63) is 0 Å². The zero-order chi connectivity index (χ0) is 13.1. The van der Waals surface area contributed by atoms with Gasteiger partial charge in [-0.3, -0.25) is 0 Å². The molecule has 2 aliphatic rings. The normalized spacial score (nSPS) is 35.4. The summed E-state index contributed by atoms with van der Waals surface area (Å²) < 4.78 is 30.2. The Bertz CT molecular complexity index is 298. The Balaban J connectivity index is 2.13. The van der Waals surface area contributed by atoms with Crippen LogP contribution in [0.3, 0.4) is 0 Å². The summed E-state index contributed by atoms with van der Waals surface area (Å²) in [6, 6.07) is 0. The van der Waals surface area contributed by atoms with Gasteiger partial charge in [0.15, 0.2) is 12.2 Å². The average molecular weight is 262 g/mol. The third-order valence-electron chi connectivity index (χ3n) is 2.57. The maximum atomic E-state index is 11.5. The Morgan fingerprint density at radius 1 is 0.889 bits per heavy atom. The van der Waals surface area contributed by atoms with Gasteiger partial charge in [-0.2, -0.15) is 0 Å². The van der Waals surface area contributed by atoms with Crippen LogP contribution >= 0.6 is 0 Å². The quantitative estimate of drug-likeness (QED) is 0.574. The molecule has 0 aromatic heterocycles. The maximum Gasteiger partial charge on any atom is 0.338 e. The predicted molar refractivity (Wildman–Crippen MR) is 53.3 cm³/mol. The van der Waals surface area contributed by atoms with Crippen molar-refractivity contribution in [1.82, 2.24) is 0 Å². The van der Waals surface area contributed by atoms with Gasteiger partial charge < -0.3 is 28.4 Å². The fraction of sp³-hybridized carbons (Fsp3) is 0.800. The van der Waals surface area contributed by atoms with E-state index in [0.717, 1.165) is 0 Å². The Hall–Kier alpha value is -1.22. The number of methoxy groups -OCH3 is 2. The Morgan fingerprint density at radius 2 is 1.28 bits per heavy atom. The number of hydrogen-bond donors (Lipinski definition) is 0. The molecule has 4 atom stereocenters. The van der Waals surface area contributed by atoms with Gasteiger partial charge in [-0.1, -0.05) is 0 Å². The molecule has 102 valence electrons. The number of hydrogen-bond acceptors (Lipinski definition) is 8. The summed E-state index contributed by atoms with van der Waals surface area (Å²) in [4.78, 5) is 23.1.